The summed E-state index contributed by atoms with van der Waals surface area (Å²) in [6.07, 6.45) is 55.0. The van der Waals surface area contributed by atoms with Gasteiger partial charge in [0.1, 0.15) is 12.2 Å². The van der Waals surface area contributed by atoms with Gasteiger partial charge in [-0.25, -0.2) is 0 Å². The minimum atomic E-state index is -1.30. The van der Waals surface area contributed by atoms with Gasteiger partial charge in [0.25, 0.3) is 0 Å². The first kappa shape index (κ1) is 55.5. The van der Waals surface area contributed by atoms with E-state index in [1.165, 1.54) is 173 Å². The Labute approximate surface area is 354 Å². The molecule has 0 aliphatic heterocycles. The summed E-state index contributed by atoms with van der Waals surface area (Å²) >= 11 is 0. The SMILES string of the molecule is CCCCCCCC/C=C\CCCCC(O)C(=O)NC(CO)C(O)C(O)CCC/C=C/CC/C=C/CCCCCCCCCCCCCCCCCCCCCC. The molecule has 0 aliphatic carbocycles. The highest BCUT2D eigenvalue weighted by atomic mass is 16.3. The zero-order valence-electron chi connectivity index (χ0n) is 37.8. The third-order valence-electron chi connectivity index (χ3n) is 11.6. The normalized spacial score (nSPS) is 14.3. The molecule has 0 aromatic heterocycles. The van der Waals surface area contributed by atoms with Crippen LogP contribution in [-0.4, -0.2) is 57.3 Å². The average Bonchev–Trinajstić information content (AvgIpc) is 3.22. The van der Waals surface area contributed by atoms with Gasteiger partial charge < -0.3 is 25.7 Å². The second kappa shape index (κ2) is 45.6. The molecule has 0 saturated heterocycles. The molecule has 6 heteroatoms. The highest BCUT2D eigenvalue weighted by Crippen LogP contribution is 2.16. The second-order valence-electron chi connectivity index (χ2n) is 17.1. The number of carbonyl (C=O) groups excluding carboxylic acids is 1. The molecular formula is C51H97NO5. The van der Waals surface area contributed by atoms with Crippen molar-refractivity contribution in [1.29, 1.82) is 0 Å². The van der Waals surface area contributed by atoms with Gasteiger partial charge in [0.05, 0.1) is 18.8 Å². The topological polar surface area (TPSA) is 110 Å². The molecule has 0 aromatic rings. The van der Waals surface area contributed by atoms with Crippen LogP contribution in [0.25, 0.3) is 0 Å². The predicted octanol–water partition coefficient (Wildman–Crippen LogP) is 13.7. The summed E-state index contributed by atoms with van der Waals surface area (Å²) in [5.74, 6) is -0.614. The minimum Gasteiger partial charge on any atom is -0.394 e. The smallest absolute Gasteiger partial charge is 0.249 e. The number of carbonyl (C=O) groups is 1. The summed E-state index contributed by atoms with van der Waals surface area (Å²) in [7, 11) is 0. The van der Waals surface area contributed by atoms with E-state index in [0.29, 0.717) is 25.7 Å². The fraction of sp³-hybridized carbons (Fsp3) is 0.863. The van der Waals surface area contributed by atoms with Gasteiger partial charge in [-0.05, 0) is 77.0 Å². The van der Waals surface area contributed by atoms with Gasteiger partial charge in [0.2, 0.25) is 5.91 Å². The Morgan fingerprint density at radius 3 is 1.11 bits per heavy atom. The predicted molar refractivity (Wildman–Crippen MR) is 247 cm³/mol. The average molecular weight is 804 g/mol. The molecule has 0 aliphatic rings. The van der Waals surface area contributed by atoms with Crippen molar-refractivity contribution in [1.82, 2.24) is 5.32 Å². The second-order valence-corrected chi connectivity index (χ2v) is 17.1. The van der Waals surface area contributed by atoms with E-state index in [1.807, 2.05) is 0 Å². The Morgan fingerprint density at radius 1 is 0.421 bits per heavy atom. The van der Waals surface area contributed by atoms with Gasteiger partial charge in [0.15, 0.2) is 0 Å². The van der Waals surface area contributed by atoms with E-state index in [2.05, 4.69) is 55.6 Å². The highest BCUT2D eigenvalue weighted by molar-refractivity contribution is 5.80. The number of amides is 1. The maximum atomic E-state index is 12.5. The zero-order chi connectivity index (χ0) is 41.7. The molecule has 0 fully saturated rings. The van der Waals surface area contributed by atoms with Crippen LogP contribution in [0.2, 0.25) is 0 Å². The van der Waals surface area contributed by atoms with Gasteiger partial charge in [-0.15, -0.1) is 0 Å². The van der Waals surface area contributed by atoms with E-state index in [0.717, 1.165) is 38.5 Å². The van der Waals surface area contributed by atoms with Crippen LogP contribution in [0, 0.1) is 0 Å². The first-order chi connectivity index (χ1) is 28.0. The van der Waals surface area contributed by atoms with Gasteiger partial charge in [-0.1, -0.05) is 211 Å². The van der Waals surface area contributed by atoms with Crippen LogP contribution < -0.4 is 5.32 Å². The van der Waals surface area contributed by atoms with Crippen molar-refractivity contribution in [3.05, 3.63) is 36.5 Å². The van der Waals surface area contributed by atoms with E-state index in [1.54, 1.807) is 0 Å². The zero-order valence-corrected chi connectivity index (χ0v) is 37.8. The molecule has 6 nitrogen and oxygen atoms in total. The summed E-state index contributed by atoms with van der Waals surface area (Å²) in [5.41, 5.74) is 0. The van der Waals surface area contributed by atoms with Crippen LogP contribution in [0.3, 0.4) is 0 Å². The van der Waals surface area contributed by atoms with Gasteiger partial charge in [-0.3, -0.25) is 4.79 Å². The molecule has 5 N–H and O–H groups in total. The molecule has 0 radical (unpaired) electrons. The Balaban J connectivity index is 3.69. The standard InChI is InChI=1S/C51H97NO5/c1-3-5-7-9-11-13-15-17-18-19-20-21-22-23-24-25-26-27-28-29-30-31-32-33-35-36-38-40-42-44-48(54)50(56)47(46-53)52-51(57)49(55)45-43-41-39-37-34-16-14-12-10-8-6-4-2/h31-32,34,36-38,47-50,53-56H,3-30,33,35,39-46H2,1-2H3,(H,52,57)/b32-31+,37-34-,38-36+. The van der Waals surface area contributed by atoms with E-state index >= 15 is 0 Å². The van der Waals surface area contributed by atoms with Crippen molar-refractivity contribution < 1.29 is 25.2 Å². The fourth-order valence-electron chi connectivity index (χ4n) is 7.59. The lowest BCUT2D eigenvalue weighted by atomic mass is 10.00. The van der Waals surface area contributed by atoms with Crippen molar-refractivity contribution in [2.24, 2.45) is 0 Å². The number of allylic oxidation sites excluding steroid dienone is 6. The summed E-state index contributed by atoms with van der Waals surface area (Å²) in [6, 6.07) is -1.02. The van der Waals surface area contributed by atoms with Gasteiger partial charge >= 0.3 is 0 Å². The Morgan fingerprint density at radius 2 is 0.737 bits per heavy atom. The molecule has 0 bridgehead atoms. The van der Waals surface area contributed by atoms with Crippen molar-refractivity contribution in [2.75, 3.05) is 6.61 Å². The third kappa shape index (κ3) is 39.7. The number of aliphatic hydroxyl groups excluding tert-OH is 4. The summed E-state index contributed by atoms with van der Waals surface area (Å²) in [6.45, 7) is 4.02. The summed E-state index contributed by atoms with van der Waals surface area (Å²) in [4.78, 5) is 12.5. The van der Waals surface area contributed by atoms with Crippen LogP contribution in [-0.2, 0) is 4.79 Å². The first-order valence-electron chi connectivity index (χ1n) is 24.9. The number of hydrogen-bond acceptors (Lipinski definition) is 5. The van der Waals surface area contributed by atoms with E-state index < -0.39 is 36.9 Å². The molecule has 0 heterocycles. The Kier molecular flexibility index (Phi) is 44.4. The summed E-state index contributed by atoms with van der Waals surface area (Å²) < 4.78 is 0. The minimum absolute atomic E-state index is 0.329. The largest absolute Gasteiger partial charge is 0.394 e. The number of unbranched alkanes of at least 4 members (excludes halogenated alkanes) is 30. The molecule has 0 spiro atoms. The van der Waals surface area contributed by atoms with Crippen molar-refractivity contribution in [3.8, 4) is 0 Å². The number of aliphatic hydroxyl groups is 4. The van der Waals surface area contributed by atoms with Crippen molar-refractivity contribution in [2.45, 2.75) is 276 Å². The molecule has 57 heavy (non-hydrogen) atoms. The molecule has 4 atom stereocenters. The Hall–Kier alpha value is -1.47. The quantitative estimate of drug-likeness (QED) is 0.0311. The molecule has 0 saturated carbocycles. The molecule has 336 valence electrons. The molecule has 0 aromatic carbocycles. The summed E-state index contributed by atoms with van der Waals surface area (Å²) in [5, 5.41) is 43.6. The van der Waals surface area contributed by atoms with Crippen molar-refractivity contribution >= 4 is 5.91 Å². The third-order valence-corrected chi connectivity index (χ3v) is 11.6. The van der Waals surface area contributed by atoms with Crippen LogP contribution in [0.15, 0.2) is 36.5 Å². The maximum absolute atomic E-state index is 12.5. The van der Waals surface area contributed by atoms with Crippen LogP contribution in [0.1, 0.15) is 251 Å². The van der Waals surface area contributed by atoms with Crippen molar-refractivity contribution in [3.63, 3.8) is 0 Å². The van der Waals surface area contributed by atoms with Crippen LogP contribution in [0.4, 0.5) is 0 Å². The monoisotopic (exact) mass is 804 g/mol. The van der Waals surface area contributed by atoms with E-state index in [-0.39, 0.29) is 0 Å². The van der Waals surface area contributed by atoms with Gasteiger partial charge in [-0.2, -0.15) is 0 Å². The van der Waals surface area contributed by atoms with E-state index in [9.17, 15) is 25.2 Å². The van der Waals surface area contributed by atoms with Gasteiger partial charge in [0, 0.05) is 0 Å². The molecule has 0 rings (SSSR count). The lowest BCUT2D eigenvalue weighted by Gasteiger charge is -2.27. The number of rotatable bonds is 45. The van der Waals surface area contributed by atoms with Crippen LogP contribution in [0.5, 0.6) is 0 Å². The molecular weight excluding hydrogens is 707 g/mol. The Bertz CT molecular complexity index is 904. The first-order valence-corrected chi connectivity index (χ1v) is 24.9. The molecule has 4 unspecified atom stereocenters. The molecule has 1 amide bonds. The highest BCUT2D eigenvalue weighted by Gasteiger charge is 2.28. The number of hydrogen-bond donors (Lipinski definition) is 5. The lowest BCUT2D eigenvalue weighted by Crippen LogP contribution is -2.53. The fourth-order valence-corrected chi connectivity index (χ4v) is 7.59. The lowest BCUT2D eigenvalue weighted by molar-refractivity contribution is -0.132. The van der Waals surface area contributed by atoms with Crippen LogP contribution >= 0.6 is 0 Å². The van der Waals surface area contributed by atoms with E-state index in [4.69, 9.17) is 0 Å². The number of nitrogens with one attached hydrogen (secondary N) is 1. The maximum Gasteiger partial charge on any atom is 0.249 e.